The second-order valence-electron chi connectivity index (χ2n) is 1.87. The van der Waals surface area contributed by atoms with Crippen molar-refractivity contribution in [2.24, 2.45) is 0 Å². The number of nitrogens with zero attached hydrogens (tertiary/aromatic N) is 2. The minimum Gasteiger partial charge on any atom is -0.192 e. The summed E-state index contributed by atoms with van der Waals surface area (Å²) in [5, 5.41) is 17.9. The molecular weight excluding hydrogens is 155 g/mol. The summed E-state index contributed by atoms with van der Waals surface area (Å²) in [6, 6.07) is 9.14. The molecule has 0 aliphatic rings. The van der Waals surface area contributed by atoms with Crippen molar-refractivity contribution < 1.29 is 0 Å². The summed E-state index contributed by atoms with van der Waals surface area (Å²) in [6.45, 7) is 0. The molecule has 0 aromatic heterocycles. The molecule has 0 saturated carbocycles. The molecule has 0 bridgehead atoms. The van der Waals surface area contributed by atoms with E-state index in [1.54, 1.807) is 12.1 Å². The molecule has 0 spiro atoms. The van der Waals surface area contributed by atoms with Gasteiger partial charge in [-0.3, -0.25) is 0 Å². The second kappa shape index (κ2) is 3.71. The lowest BCUT2D eigenvalue weighted by Gasteiger charge is -1.96. The molecule has 0 unspecified atom stereocenters. The Labute approximate surface area is 66.4 Å². The van der Waals surface area contributed by atoms with Crippen LogP contribution in [0.25, 0.3) is 0 Å². The Bertz CT molecular complexity index is 293. The minimum absolute atomic E-state index is 0.826. The molecule has 1 aromatic rings. The van der Waals surface area contributed by atoms with Crippen LogP contribution in [-0.4, -0.2) is 0 Å². The van der Waals surface area contributed by atoms with Crippen LogP contribution >= 0.6 is 7.92 Å². The maximum Gasteiger partial charge on any atom is 0.141 e. The lowest BCUT2D eigenvalue weighted by molar-refractivity contribution is 1.55. The first kappa shape index (κ1) is 7.73. The molecule has 0 radical (unpaired) electrons. The highest BCUT2D eigenvalue weighted by Gasteiger charge is 2.06. The Kier molecular flexibility index (Phi) is 2.61. The van der Waals surface area contributed by atoms with Crippen LogP contribution in [0.4, 0.5) is 0 Å². The third-order valence-corrected chi connectivity index (χ3v) is 2.43. The van der Waals surface area contributed by atoms with E-state index in [2.05, 4.69) is 0 Å². The number of rotatable bonds is 1. The SMILES string of the molecule is N#CP(C#N)c1ccccc1. The van der Waals surface area contributed by atoms with Gasteiger partial charge in [0, 0.05) is 5.30 Å². The van der Waals surface area contributed by atoms with Crippen molar-refractivity contribution in [1.29, 1.82) is 10.5 Å². The van der Waals surface area contributed by atoms with Crippen LogP contribution in [0.1, 0.15) is 0 Å². The van der Waals surface area contributed by atoms with Crippen LogP contribution in [0.2, 0.25) is 0 Å². The third-order valence-electron chi connectivity index (χ3n) is 1.21. The van der Waals surface area contributed by atoms with E-state index >= 15 is 0 Å². The van der Waals surface area contributed by atoms with Crippen molar-refractivity contribution >= 4 is 13.2 Å². The molecule has 1 rings (SSSR count). The van der Waals surface area contributed by atoms with E-state index < -0.39 is 7.92 Å². The molecule has 3 heteroatoms. The Morgan fingerprint density at radius 3 is 2.00 bits per heavy atom. The summed E-state index contributed by atoms with van der Waals surface area (Å²) < 4.78 is 0. The molecule has 0 N–H and O–H groups in total. The highest BCUT2D eigenvalue weighted by Crippen LogP contribution is 2.29. The van der Waals surface area contributed by atoms with Crippen LogP contribution < -0.4 is 5.30 Å². The van der Waals surface area contributed by atoms with E-state index in [4.69, 9.17) is 10.5 Å². The molecule has 0 heterocycles. The van der Waals surface area contributed by atoms with Gasteiger partial charge in [-0.25, -0.2) is 0 Å². The summed E-state index contributed by atoms with van der Waals surface area (Å²) in [5.74, 6) is 3.94. The molecule has 0 atom stereocenters. The van der Waals surface area contributed by atoms with Gasteiger partial charge in [0.2, 0.25) is 0 Å². The topological polar surface area (TPSA) is 47.6 Å². The summed E-state index contributed by atoms with van der Waals surface area (Å²) >= 11 is 0. The Hall–Kier alpha value is -1.37. The van der Waals surface area contributed by atoms with E-state index in [0.29, 0.717) is 0 Å². The predicted octanol–water partition coefficient (Wildman–Crippen LogP) is 1.76. The summed E-state index contributed by atoms with van der Waals surface area (Å²) in [6.07, 6.45) is 0. The number of nitriles is 2. The number of hydrogen-bond acceptors (Lipinski definition) is 2. The van der Waals surface area contributed by atoms with Crippen molar-refractivity contribution in [3.8, 4) is 11.6 Å². The van der Waals surface area contributed by atoms with Gasteiger partial charge in [-0.15, -0.1) is 0 Å². The van der Waals surface area contributed by atoms with Crippen molar-refractivity contribution in [3.63, 3.8) is 0 Å². The minimum atomic E-state index is -1.24. The maximum absolute atomic E-state index is 8.54. The maximum atomic E-state index is 8.54. The van der Waals surface area contributed by atoms with Crippen LogP contribution in [0.5, 0.6) is 0 Å². The fraction of sp³-hybridized carbons (Fsp3) is 0. The standard InChI is InChI=1S/C8H5N2P/c9-6-11(7-10)8-4-2-1-3-5-8/h1-5H. The highest BCUT2D eigenvalue weighted by atomic mass is 31.1. The second-order valence-corrected chi connectivity index (χ2v) is 3.46. The van der Waals surface area contributed by atoms with Crippen LogP contribution in [0, 0.1) is 22.1 Å². The molecule has 1 aromatic carbocycles. The Morgan fingerprint density at radius 2 is 1.55 bits per heavy atom. The van der Waals surface area contributed by atoms with E-state index in [1.165, 1.54) is 0 Å². The first-order valence-corrected chi connectivity index (χ1v) is 4.37. The normalized spacial score (nSPS) is 8.64. The average molecular weight is 160 g/mol. The fourth-order valence-corrected chi connectivity index (χ4v) is 1.46. The van der Waals surface area contributed by atoms with Crippen LogP contribution in [0.15, 0.2) is 30.3 Å². The summed E-state index contributed by atoms with van der Waals surface area (Å²) in [4.78, 5) is 0. The average Bonchev–Trinajstić information content (AvgIpc) is 2.09. The Balaban J connectivity index is 2.96. The molecule has 0 saturated heterocycles. The predicted molar refractivity (Wildman–Crippen MR) is 44.2 cm³/mol. The lowest BCUT2D eigenvalue weighted by Crippen LogP contribution is -1.95. The molecule has 0 aliphatic heterocycles. The molecule has 52 valence electrons. The van der Waals surface area contributed by atoms with Crippen molar-refractivity contribution in [1.82, 2.24) is 0 Å². The quantitative estimate of drug-likeness (QED) is 0.587. The first-order chi connectivity index (χ1) is 5.38. The highest BCUT2D eigenvalue weighted by molar-refractivity contribution is 7.74. The van der Waals surface area contributed by atoms with Gasteiger partial charge in [0.25, 0.3) is 0 Å². The number of benzene rings is 1. The third kappa shape index (κ3) is 1.77. The van der Waals surface area contributed by atoms with Crippen LogP contribution in [0.3, 0.4) is 0 Å². The molecule has 0 fully saturated rings. The van der Waals surface area contributed by atoms with Crippen molar-refractivity contribution in [2.45, 2.75) is 0 Å². The molecule has 0 amide bonds. The zero-order chi connectivity index (χ0) is 8.10. The van der Waals surface area contributed by atoms with Crippen molar-refractivity contribution in [2.75, 3.05) is 0 Å². The van der Waals surface area contributed by atoms with Gasteiger partial charge in [0.05, 0.1) is 0 Å². The summed E-state index contributed by atoms with van der Waals surface area (Å²) in [5.41, 5.74) is 0. The van der Waals surface area contributed by atoms with Gasteiger partial charge >= 0.3 is 0 Å². The van der Waals surface area contributed by atoms with E-state index in [0.717, 1.165) is 5.30 Å². The smallest absolute Gasteiger partial charge is 0.141 e. The van der Waals surface area contributed by atoms with E-state index in [1.807, 2.05) is 29.8 Å². The van der Waals surface area contributed by atoms with Gasteiger partial charge in [0.1, 0.15) is 19.5 Å². The molecule has 2 nitrogen and oxygen atoms in total. The molecule has 0 aliphatic carbocycles. The van der Waals surface area contributed by atoms with Gasteiger partial charge in [-0.2, -0.15) is 10.5 Å². The summed E-state index contributed by atoms with van der Waals surface area (Å²) in [7, 11) is -1.24. The van der Waals surface area contributed by atoms with Gasteiger partial charge in [0.15, 0.2) is 0 Å². The van der Waals surface area contributed by atoms with Gasteiger partial charge in [-0.1, -0.05) is 30.3 Å². The number of hydrogen-bond donors (Lipinski definition) is 0. The molecular formula is C8H5N2P. The lowest BCUT2D eigenvalue weighted by atomic mass is 10.4. The monoisotopic (exact) mass is 160 g/mol. The van der Waals surface area contributed by atoms with E-state index in [-0.39, 0.29) is 0 Å². The van der Waals surface area contributed by atoms with Crippen LogP contribution in [-0.2, 0) is 0 Å². The van der Waals surface area contributed by atoms with E-state index in [9.17, 15) is 0 Å². The van der Waals surface area contributed by atoms with Gasteiger partial charge < -0.3 is 0 Å². The first-order valence-electron chi connectivity index (χ1n) is 3.03. The fourth-order valence-electron chi connectivity index (χ4n) is 0.715. The van der Waals surface area contributed by atoms with Gasteiger partial charge in [-0.05, 0) is 0 Å². The molecule has 11 heavy (non-hydrogen) atoms. The largest absolute Gasteiger partial charge is 0.192 e. The zero-order valence-electron chi connectivity index (χ0n) is 5.73. The Morgan fingerprint density at radius 1 is 1.00 bits per heavy atom. The van der Waals surface area contributed by atoms with Crippen molar-refractivity contribution in [3.05, 3.63) is 30.3 Å². The zero-order valence-corrected chi connectivity index (χ0v) is 6.62.